The van der Waals surface area contributed by atoms with Crippen molar-refractivity contribution in [2.24, 2.45) is 17.8 Å². The van der Waals surface area contributed by atoms with Crippen molar-refractivity contribution in [1.29, 1.82) is 0 Å². The zero-order valence-corrected chi connectivity index (χ0v) is 9.64. The Hall–Kier alpha value is -1.10. The van der Waals surface area contributed by atoms with E-state index in [0.717, 1.165) is 12.8 Å². The quantitative estimate of drug-likeness (QED) is 0.630. The van der Waals surface area contributed by atoms with Crippen molar-refractivity contribution < 1.29 is 19.8 Å². The fraction of sp³-hybridized carbons (Fsp3) is 0.818. The third-order valence-electron chi connectivity index (χ3n) is 3.33. The summed E-state index contributed by atoms with van der Waals surface area (Å²) in [5.41, 5.74) is 0. The highest BCUT2D eigenvalue weighted by molar-refractivity contribution is 5.84. The number of rotatable bonds is 5. The fourth-order valence-corrected chi connectivity index (χ4v) is 1.71. The summed E-state index contributed by atoms with van der Waals surface area (Å²) in [7, 11) is 0. The SMILES string of the molecule is CC(C(=O)O)C(C)C(=O)NCC1CC(O)C1. The average molecular weight is 229 g/mol. The van der Waals surface area contributed by atoms with Crippen LogP contribution in [-0.4, -0.2) is 34.7 Å². The van der Waals surface area contributed by atoms with Crippen molar-refractivity contribution in [2.45, 2.75) is 32.8 Å². The maximum atomic E-state index is 11.6. The lowest BCUT2D eigenvalue weighted by Crippen LogP contribution is -2.42. The molecule has 1 aliphatic carbocycles. The van der Waals surface area contributed by atoms with Gasteiger partial charge in [-0.15, -0.1) is 0 Å². The lowest BCUT2D eigenvalue weighted by Gasteiger charge is -2.31. The summed E-state index contributed by atoms with van der Waals surface area (Å²) < 4.78 is 0. The van der Waals surface area contributed by atoms with Crippen LogP contribution in [0.4, 0.5) is 0 Å². The predicted molar refractivity (Wildman–Crippen MR) is 57.7 cm³/mol. The Bertz CT molecular complexity index is 273. The Morgan fingerprint density at radius 2 is 1.88 bits per heavy atom. The molecule has 0 aromatic carbocycles. The molecule has 1 rings (SSSR count). The molecule has 0 heterocycles. The molecule has 0 aromatic rings. The Balaban J connectivity index is 2.26. The highest BCUT2D eigenvalue weighted by Crippen LogP contribution is 2.26. The number of nitrogens with one attached hydrogen (secondary N) is 1. The van der Waals surface area contributed by atoms with Crippen LogP contribution in [0.5, 0.6) is 0 Å². The van der Waals surface area contributed by atoms with Crippen LogP contribution in [0.15, 0.2) is 0 Å². The zero-order chi connectivity index (χ0) is 12.3. The molecular formula is C11H19NO4. The molecule has 1 fully saturated rings. The summed E-state index contributed by atoms with van der Waals surface area (Å²) in [6.45, 7) is 3.68. The number of aliphatic hydroxyl groups is 1. The standard InChI is InChI=1S/C11H19NO4/c1-6(7(2)11(15)16)10(14)12-5-8-3-9(13)4-8/h6-9,13H,3-5H2,1-2H3,(H,12,14)(H,15,16). The predicted octanol–water partition coefficient (Wildman–Crippen LogP) is 0.230. The second kappa shape index (κ2) is 5.30. The third kappa shape index (κ3) is 3.20. The maximum absolute atomic E-state index is 11.6. The summed E-state index contributed by atoms with van der Waals surface area (Å²) in [5.74, 6) is -2.04. The van der Waals surface area contributed by atoms with E-state index in [9.17, 15) is 9.59 Å². The van der Waals surface area contributed by atoms with E-state index in [1.54, 1.807) is 6.92 Å². The molecule has 1 amide bonds. The minimum Gasteiger partial charge on any atom is -0.481 e. The van der Waals surface area contributed by atoms with Crippen LogP contribution >= 0.6 is 0 Å². The van der Waals surface area contributed by atoms with Crippen molar-refractivity contribution in [1.82, 2.24) is 5.32 Å². The first-order valence-corrected chi connectivity index (χ1v) is 5.60. The maximum Gasteiger partial charge on any atom is 0.307 e. The van der Waals surface area contributed by atoms with Gasteiger partial charge in [-0.1, -0.05) is 13.8 Å². The first kappa shape index (κ1) is 13.0. The second-order valence-corrected chi connectivity index (χ2v) is 4.65. The Labute approximate surface area is 94.8 Å². The minimum atomic E-state index is -0.957. The molecular weight excluding hydrogens is 210 g/mol. The van der Waals surface area contributed by atoms with E-state index in [4.69, 9.17) is 10.2 Å². The number of hydrogen-bond donors (Lipinski definition) is 3. The van der Waals surface area contributed by atoms with Gasteiger partial charge >= 0.3 is 5.97 Å². The van der Waals surface area contributed by atoms with Gasteiger partial charge < -0.3 is 15.5 Å². The summed E-state index contributed by atoms with van der Waals surface area (Å²) in [4.78, 5) is 22.3. The molecule has 16 heavy (non-hydrogen) atoms. The smallest absolute Gasteiger partial charge is 0.307 e. The van der Waals surface area contributed by atoms with Crippen LogP contribution in [-0.2, 0) is 9.59 Å². The van der Waals surface area contributed by atoms with E-state index in [1.807, 2.05) is 0 Å². The molecule has 0 saturated heterocycles. The molecule has 92 valence electrons. The molecule has 3 N–H and O–H groups in total. The molecule has 5 heteroatoms. The van der Waals surface area contributed by atoms with Crippen LogP contribution in [0.3, 0.4) is 0 Å². The summed E-state index contributed by atoms with van der Waals surface area (Å²) in [6, 6.07) is 0. The minimum absolute atomic E-state index is 0.225. The van der Waals surface area contributed by atoms with Crippen molar-refractivity contribution >= 4 is 11.9 Å². The topological polar surface area (TPSA) is 86.6 Å². The molecule has 5 nitrogen and oxygen atoms in total. The van der Waals surface area contributed by atoms with E-state index < -0.39 is 17.8 Å². The van der Waals surface area contributed by atoms with Gasteiger partial charge in [0.1, 0.15) is 0 Å². The number of carbonyl (C=O) groups is 2. The van der Waals surface area contributed by atoms with Gasteiger partial charge in [-0.3, -0.25) is 9.59 Å². The Morgan fingerprint density at radius 1 is 1.31 bits per heavy atom. The van der Waals surface area contributed by atoms with Crippen LogP contribution in [0.25, 0.3) is 0 Å². The van der Waals surface area contributed by atoms with Crippen molar-refractivity contribution in [3.05, 3.63) is 0 Å². The van der Waals surface area contributed by atoms with Crippen LogP contribution < -0.4 is 5.32 Å². The van der Waals surface area contributed by atoms with Gasteiger partial charge in [0.2, 0.25) is 5.91 Å². The molecule has 1 aliphatic rings. The zero-order valence-electron chi connectivity index (χ0n) is 9.64. The number of aliphatic hydroxyl groups excluding tert-OH is 1. The van der Waals surface area contributed by atoms with E-state index in [2.05, 4.69) is 5.32 Å². The highest BCUT2D eigenvalue weighted by Gasteiger charge is 2.29. The van der Waals surface area contributed by atoms with Crippen molar-refractivity contribution in [2.75, 3.05) is 6.54 Å². The van der Waals surface area contributed by atoms with Gasteiger partial charge in [0.05, 0.1) is 12.0 Å². The van der Waals surface area contributed by atoms with Gasteiger partial charge in [-0.05, 0) is 18.8 Å². The number of carbonyl (C=O) groups excluding carboxylic acids is 1. The molecule has 0 aromatic heterocycles. The van der Waals surface area contributed by atoms with Crippen LogP contribution in [0, 0.1) is 17.8 Å². The van der Waals surface area contributed by atoms with Gasteiger partial charge in [-0.25, -0.2) is 0 Å². The van der Waals surface area contributed by atoms with E-state index >= 15 is 0 Å². The van der Waals surface area contributed by atoms with Crippen LogP contribution in [0.2, 0.25) is 0 Å². The van der Waals surface area contributed by atoms with Gasteiger partial charge in [-0.2, -0.15) is 0 Å². The first-order valence-electron chi connectivity index (χ1n) is 5.60. The molecule has 0 bridgehead atoms. The van der Waals surface area contributed by atoms with Crippen LogP contribution in [0.1, 0.15) is 26.7 Å². The second-order valence-electron chi connectivity index (χ2n) is 4.65. The van der Waals surface area contributed by atoms with Gasteiger partial charge in [0, 0.05) is 12.5 Å². The Morgan fingerprint density at radius 3 is 2.31 bits per heavy atom. The molecule has 0 spiro atoms. The van der Waals surface area contributed by atoms with Crippen molar-refractivity contribution in [3.8, 4) is 0 Å². The average Bonchev–Trinajstić information content (AvgIpc) is 2.19. The fourth-order valence-electron chi connectivity index (χ4n) is 1.71. The molecule has 0 aliphatic heterocycles. The summed E-state index contributed by atoms with van der Waals surface area (Å²) >= 11 is 0. The largest absolute Gasteiger partial charge is 0.481 e. The highest BCUT2D eigenvalue weighted by atomic mass is 16.4. The van der Waals surface area contributed by atoms with Gasteiger partial charge in [0.25, 0.3) is 0 Å². The van der Waals surface area contributed by atoms with Gasteiger partial charge in [0.15, 0.2) is 0 Å². The Kier molecular flexibility index (Phi) is 4.29. The number of aliphatic carboxylic acids is 1. The normalized spacial score (nSPS) is 27.7. The number of carboxylic acid groups (broad SMARTS) is 1. The third-order valence-corrected chi connectivity index (χ3v) is 3.33. The molecule has 1 saturated carbocycles. The number of amides is 1. The molecule has 2 unspecified atom stereocenters. The number of hydrogen-bond acceptors (Lipinski definition) is 3. The van der Waals surface area contributed by atoms with E-state index in [-0.39, 0.29) is 12.0 Å². The lowest BCUT2D eigenvalue weighted by atomic mass is 9.82. The lowest BCUT2D eigenvalue weighted by molar-refractivity contribution is -0.146. The summed E-state index contributed by atoms with van der Waals surface area (Å²) in [5, 5.41) is 20.5. The van der Waals surface area contributed by atoms with Crippen molar-refractivity contribution in [3.63, 3.8) is 0 Å². The van der Waals surface area contributed by atoms with E-state index in [1.165, 1.54) is 6.92 Å². The molecule has 2 atom stereocenters. The first-order chi connectivity index (χ1) is 7.41. The summed E-state index contributed by atoms with van der Waals surface area (Å²) in [6.07, 6.45) is 1.23. The van der Waals surface area contributed by atoms with E-state index in [0.29, 0.717) is 12.5 Å². The molecule has 0 radical (unpaired) electrons. The number of carboxylic acids is 1. The monoisotopic (exact) mass is 229 g/mol.